The summed E-state index contributed by atoms with van der Waals surface area (Å²) in [4.78, 5) is 0. The van der Waals surface area contributed by atoms with Crippen LogP contribution in [0.3, 0.4) is 0 Å². The maximum absolute atomic E-state index is 6.25. The average Bonchev–Trinajstić information content (AvgIpc) is 2.87. The van der Waals surface area contributed by atoms with Crippen molar-refractivity contribution >= 4 is 0 Å². The molecule has 0 radical (unpaired) electrons. The molecule has 96 valence electrons. The Balaban J connectivity index is 2.12. The Bertz CT molecular complexity index is 478. The Morgan fingerprint density at radius 2 is 1.89 bits per heavy atom. The molecule has 2 N–H and O–H groups in total. The van der Waals surface area contributed by atoms with E-state index in [1.165, 1.54) is 5.56 Å². The molecule has 2 rings (SSSR count). The molecule has 0 amide bonds. The van der Waals surface area contributed by atoms with Crippen LogP contribution in [0.25, 0.3) is 0 Å². The minimum atomic E-state index is -0.141. The molecular formula is C15H19NO2. The molecule has 0 aliphatic heterocycles. The van der Waals surface area contributed by atoms with Gasteiger partial charge >= 0.3 is 0 Å². The largest absolute Gasteiger partial charge is 0.462 e. The van der Waals surface area contributed by atoms with Crippen LogP contribution < -0.4 is 5.73 Å². The van der Waals surface area contributed by atoms with Gasteiger partial charge in [0, 0.05) is 13.0 Å². The van der Waals surface area contributed by atoms with Gasteiger partial charge in [0.05, 0.1) is 6.04 Å². The minimum Gasteiger partial charge on any atom is -0.462 e. The summed E-state index contributed by atoms with van der Waals surface area (Å²) in [5.41, 5.74) is 7.46. The van der Waals surface area contributed by atoms with Crippen molar-refractivity contribution in [1.29, 1.82) is 0 Å². The summed E-state index contributed by atoms with van der Waals surface area (Å²) in [6, 6.07) is 13.9. The second-order valence-corrected chi connectivity index (χ2v) is 4.46. The maximum atomic E-state index is 6.25. The highest BCUT2D eigenvalue weighted by molar-refractivity contribution is 5.23. The number of methoxy groups -OCH3 is 1. The fourth-order valence-corrected chi connectivity index (χ4v) is 2.00. The fraction of sp³-hybridized carbons (Fsp3) is 0.333. The lowest BCUT2D eigenvalue weighted by Gasteiger charge is -2.18. The molecule has 1 heterocycles. The fourth-order valence-electron chi connectivity index (χ4n) is 2.00. The Labute approximate surface area is 108 Å². The second kappa shape index (κ2) is 5.85. The molecule has 18 heavy (non-hydrogen) atoms. The van der Waals surface area contributed by atoms with E-state index >= 15 is 0 Å². The maximum Gasteiger partial charge on any atom is 0.129 e. The van der Waals surface area contributed by atoms with Gasteiger partial charge in [0.25, 0.3) is 0 Å². The lowest BCUT2D eigenvalue weighted by Crippen LogP contribution is -2.16. The first-order valence-corrected chi connectivity index (χ1v) is 6.10. The monoisotopic (exact) mass is 245 g/mol. The van der Waals surface area contributed by atoms with Gasteiger partial charge in [-0.3, -0.25) is 0 Å². The number of ether oxygens (including phenoxy) is 1. The van der Waals surface area contributed by atoms with Gasteiger partial charge in [-0.05, 0) is 17.7 Å². The zero-order valence-electron chi connectivity index (χ0n) is 10.8. The van der Waals surface area contributed by atoms with Gasteiger partial charge in [-0.15, -0.1) is 0 Å². The topological polar surface area (TPSA) is 48.4 Å². The van der Waals surface area contributed by atoms with Crippen LogP contribution in [0.2, 0.25) is 0 Å². The molecule has 3 nitrogen and oxygen atoms in total. The third kappa shape index (κ3) is 2.81. The van der Waals surface area contributed by atoms with Crippen LogP contribution in [-0.4, -0.2) is 7.11 Å². The van der Waals surface area contributed by atoms with Crippen molar-refractivity contribution in [3.63, 3.8) is 0 Å². The molecule has 2 unspecified atom stereocenters. The summed E-state index contributed by atoms with van der Waals surface area (Å²) in [6.45, 7) is 2.59. The Morgan fingerprint density at radius 1 is 1.17 bits per heavy atom. The molecule has 1 aromatic carbocycles. The zero-order valence-corrected chi connectivity index (χ0v) is 10.8. The number of hydrogen-bond donors (Lipinski definition) is 1. The summed E-state index contributed by atoms with van der Waals surface area (Å²) < 4.78 is 10.7. The zero-order chi connectivity index (χ0) is 13.0. The van der Waals surface area contributed by atoms with Gasteiger partial charge < -0.3 is 14.9 Å². The molecule has 0 bridgehead atoms. The Morgan fingerprint density at radius 3 is 2.56 bits per heavy atom. The van der Waals surface area contributed by atoms with Gasteiger partial charge in [0.1, 0.15) is 18.1 Å². The van der Waals surface area contributed by atoms with E-state index in [0.29, 0.717) is 6.61 Å². The standard InChI is InChI=1S/C15H19NO2/c1-11(12-6-4-3-5-7-12)15(16)14-9-8-13(18-14)10-17-2/h3-9,11,15H,10,16H2,1-2H3. The summed E-state index contributed by atoms with van der Waals surface area (Å²) in [5.74, 6) is 1.83. The molecular weight excluding hydrogens is 226 g/mol. The summed E-state index contributed by atoms with van der Waals surface area (Å²) in [7, 11) is 1.65. The smallest absolute Gasteiger partial charge is 0.129 e. The van der Waals surface area contributed by atoms with Crippen molar-refractivity contribution in [3.8, 4) is 0 Å². The summed E-state index contributed by atoms with van der Waals surface area (Å²) in [6.07, 6.45) is 0. The normalized spacial score (nSPS) is 14.4. The predicted octanol–water partition coefficient (Wildman–Crippen LogP) is 3.23. The van der Waals surface area contributed by atoms with Crippen molar-refractivity contribution in [2.75, 3.05) is 7.11 Å². The number of benzene rings is 1. The predicted molar refractivity (Wildman–Crippen MR) is 71.2 cm³/mol. The number of nitrogens with two attached hydrogens (primary N) is 1. The highest BCUT2D eigenvalue weighted by atomic mass is 16.5. The van der Waals surface area contributed by atoms with Gasteiger partial charge in [0.2, 0.25) is 0 Å². The first kappa shape index (κ1) is 12.9. The number of rotatable bonds is 5. The Hall–Kier alpha value is -1.58. The summed E-state index contributed by atoms with van der Waals surface area (Å²) >= 11 is 0. The van der Waals surface area contributed by atoms with E-state index in [0.717, 1.165) is 11.5 Å². The lowest BCUT2D eigenvalue weighted by molar-refractivity contribution is 0.161. The molecule has 1 aromatic heterocycles. The van der Waals surface area contributed by atoms with Gasteiger partial charge in [0.15, 0.2) is 0 Å². The van der Waals surface area contributed by atoms with Crippen molar-refractivity contribution in [2.45, 2.75) is 25.5 Å². The summed E-state index contributed by atoms with van der Waals surface area (Å²) in [5, 5.41) is 0. The van der Waals surface area contributed by atoms with Crippen molar-refractivity contribution in [2.24, 2.45) is 5.73 Å². The van der Waals surface area contributed by atoms with Crippen LogP contribution in [-0.2, 0) is 11.3 Å². The van der Waals surface area contributed by atoms with Gasteiger partial charge in [-0.2, -0.15) is 0 Å². The van der Waals surface area contributed by atoms with Crippen LogP contribution in [0.1, 0.15) is 36.0 Å². The quantitative estimate of drug-likeness (QED) is 0.879. The Kier molecular flexibility index (Phi) is 4.18. The molecule has 0 aliphatic rings. The molecule has 2 aromatic rings. The molecule has 0 fully saturated rings. The first-order chi connectivity index (χ1) is 8.72. The lowest BCUT2D eigenvalue weighted by atomic mass is 9.92. The van der Waals surface area contributed by atoms with Crippen LogP contribution in [0.4, 0.5) is 0 Å². The highest BCUT2D eigenvalue weighted by Gasteiger charge is 2.19. The van der Waals surface area contributed by atoms with E-state index in [-0.39, 0.29) is 12.0 Å². The molecule has 3 heteroatoms. The number of furan rings is 1. The minimum absolute atomic E-state index is 0.141. The van der Waals surface area contributed by atoms with E-state index in [9.17, 15) is 0 Å². The SMILES string of the molecule is COCc1ccc(C(N)C(C)c2ccccc2)o1. The van der Waals surface area contributed by atoms with E-state index in [1.807, 2.05) is 30.3 Å². The van der Waals surface area contributed by atoms with E-state index < -0.39 is 0 Å². The first-order valence-electron chi connectivity index (χ1n) is 6.10. The second-order valence-electron chi connectivity index (χ2n) is 4.46. The van der Waals surface area contributed by atoms with Crippen molar-refractivity contribution in [3.05, 3.63) is 59.5 Å². The molecule has 0 saturated heterocycles. The highest BCUT2D eigenvalue weighted by Crippen LogP contribution is 2.29. The molecule has 0 saturated carbocycles. The van der Waals surface area contributed by atoms with Crippen LogP contribution in [0, 0.1) is 0 Å². The third-order valence-corrected chi connectivity index (χ3v) is 3.16. The van der Waals surface area contributed by atoms with Gasteiger partial charge in [-0.25, -0.2) is 0 Å². The van der Waals surface area contributed by atoms with Crippen molar-refractivity contribution in [1.82, 2.24) is 0 Å². The van der Waals surface area contributed by atoms with Crippen LogP contribution in [0.15, 0.2) is 46.9 Å². The average molecular weight is 245 g/mol. The molecule has 0 aliphatic carbocycles. The van der Waals surface area contributed by atoms with Gasteiger partial charge in [-0.1, -0.05) is 37.3 Å². The number of hydrogen-bond acceptors (Lipinski definition) is 3. The molecule has 2 atom stereocenters. The molecule has 0 spiro atoms. The van der Waals surface area contributed by atoms with Crippen LogP contribution in [0.5, 0.6) is 0 Å². The van der Waals surface area contributed by atoms with E-state index in [4.69, 9.17) is 14.9 Å². The third-order valence-electron chi connectivity index (χ3n) is 3.16. The van der Waals surface area contributed by atoms with E-state index in [1.54, 1.807) is 7.11 Å². The van der Waals surface area contributed by atoms with E-state index in [2.05, 4.69) is 19.1 Å². The van der Waals surface area contributed by atoms with Crippen molar-refractivity contribution < 1.29 is 9.15 Å². The van der Waals surface area contributed by atoms with Crippen LogP contribution >= 0.6 is 0 Å².